The van der Waals surface area contributed by atoms with E-state index in [2.05, 4.69) is 10.1 Å². The SMILES string of the molecule is O=C(CCOCC(F)(F)F)N[C@@H](C(=O)O)c1ccccc1. The lowest BCUT2D eigenvalue weighted by molar-refractivity contribution is -0.174. The number of ether oxygens (including phenoxy) is 1. The quantitative estimate of drug-likeness (QED) is 0.754. The number of aliphatic carboxylic acids is 1. The van der Waals surface area contributed by atoms with Gasteiger partial charge in [-0.3, -0.25) is 4.79 Å². The Kier molecular flexibility index (Phi) is 6.16. The Labute approximate surface area is 118 Å². The fourth-order valence-corrected chi connectivity index (χ4v) is 1.52. The molecule has 8 heteroatoms. The topological polar surface area (TPSA) is 75.6 Å². The highest BCUT2D eigenvalue weighted by Gasteiger charge is 2.27. The van der Waals surface area contributed by atoms with Gasteiger partial charge in [-0.1, -0.05) is 30.3 Å². The van der Waals surface area contributed by atoms with Gasteiger partial charge in [0.25, 0.3) is 0 Å². The molecule has 1 atom stereocenters. The molecular formula is C13H14F3NO4. The minimum Gasteiger partial charge on any atom is -0.479 e. The number of carbonyl (C=O) groups is 2. The molecule has 1 aromatic rings. The molecule has 0 spiro atoms. The van der Waals surface area contributed by atoms with Crippen molar-refractivity contribution in [3.8, 4) is 0 Å². The lowest BCUT2D eigenvalue weighted by Gasteiger charge is -2.15. The van der Waals surface area contributed by atoms with Crippen LogP contribution in [0.2, 0.25) is 0 Å². The van der Waals surface area contributed by atoms with Gasteiger partial charge in [-0.05, 0) is 5.56 Å². The van der Waals surface area contributed by atoms with Gasteiger partial charge in [0.2, 0.25) is 5.91 Å². The Balaban J connectivity index is 2.46. The molecule has 0 aliphatic heterocycles. The van der Waals surface area contributed by atoms with Gasteiger partial charge in [0.05, 0.1) is 6.61 Å². The average molecular weight is 305 g/mol. The molecule has 0 unspecified atom stereocenters. The Morgan fingerprint density at radius 3 is 2.38 bits per heavy atom. The maximum atomic E-state index is 11.8. The predicted octanol–water partition coefficient (Wildman–Crippen LogP) is 1.90. The summed E-state index contributed by atoms with van der Waals surface area (Å²) in [4.78, 5) is 22.6. The standard InChI is InChI=1S/C13H14F3NO4/c14-13(15,16)8-21-7-6-10(18)17-11(12(19)20)9-4-2-1-3-5-9/h1-5,11H,6-8H2,(H,17,18)(H,19,20)/t11-/m1/s1. The number of amides is 1. The van der Waals surface area contributed by atoms with Crippen LogP contribution >= 0.6 is 0 Å². The van der Waals surface area contributed by atoms with Crippen LogP contribution in [-0.2, 0) is 14.3 Å². The van der Waals surface area contributed by atoms with Gasteiger partial charge in [-0.2, -0.15) is 13.2 Å². The summed E-state index contributed by atoms with van der Waals surface area (Å²) in [5, 5.41) is 11.3. The van der Waals surface area contributed by atoms with Crippen LogP contribution in [0.4, 0.5) is 13.2 Å². The van der Waals surface area contributed by atoms with Crippen molar-refractivity contribution in [3.63, 3.8) is 0 Å². The van der Waals surface area contributed by atoms with Crippen molar-refractivity contribution in [2.24, 2.45) is 0 Å². The summed E-state index contributed by atoms with van der Waals surface area (Å²) in [5.41, 5.74) is 0.370. The third kappa shape index (κ3) is 6.75. The minimum atomic E-state index is -4.45. The lowest BCUT2D eigenvalue weighted by atomic mass is 10.1. The first-order valence-electron chi connectivity index (χ1n) is 6.01. The van der Waals surface area contributed by atoms with Crippen LogP contribution in [0.1, 0.15) is 18.0 Å². The van der Waals surface area contributed by atoms with E-state index in [1.54, 1.807) is 18.2 Å². The van der Waals surface area contributed by atoms with E-state index in [-0.39, 0.29) is 6.42 Å². The summed E-state index contributed by atoms with van der Waals surface area (Å²) in [6.45, 7) is -1.88. The number of nitrogens with one attached hydrogen (secondary N) is 1. The molecule has 0 fully saturated rings. The summed E-state index contributed by atoms with van der Waals surface area (Å²) in [6.07, 6.45) is -4.81. The number of alkyl halides is 3. The Hall–Kier alpha value is -2.09. The lowest BCUT2D eigenvalue weighted by Crippen LogP contribution is -2.34. The number of benzene rings is 1. The molecule has 0 aliphatic carbocycles. The van der Waals surface area contributed by atoms with E-state index in [0.717, 1.165) is 0 Å². The van der Waals surface area contributed by atoms with Crippen molar-refractivity contribution < 1.29 is 32.6 Å². The van der Waals surface area contributed by atoms with Gasteiger partial charge in [-0.15, -0.1) is 0 Å². The zero-order valence-electron chi connectivity index (χ0n) is 10.9. The molecule has 0 saturated heterocycles. The van der Waals surface area contributed by atoms with Crippen LogP contribution in [0.15, 0.2) is 30.3 Å². The molecule has 116 valence electrons. The maximum Gasteiger partial charge on any atom is 0.411 e. The van der Waals surface area contributed by atoms with Crippen molar-refractivity contribution in [1.29, 1.82) is 0 Å². The summed E-state index contributed by atoms with van der Waals surface area (Å²) >= 11 is 0. The second-order valence-corrected chi connectivity index (χ2v) is 4.17. The van der Waals surface area contributed by atoms with Crippen LogP contribution in [-0.4, -0.2) is 36.4 Å². The average Bonchev–Trinajstić information content (AvgIpc) is 2.40. The van der Waals surface area contributed by atoms with Crippen molar-refractivity contribution in [2.45, 2.75) is 18.6 Å². The molecule has 0 heterocycles. The Morgan fingerprint density at radius 2 is 1.86 bits per heavy atom. The van der Waals surface area contributed by atoms with E-state index in [1.165, 1.54) is 12.1 Å². The fourth-order valence-electron chi connectivity index (χ4n) is 1.52. The molecule has 0 saturated carbocycles. The monoisotopic (exact) mass is 305 g/mol. The van der Waals surface area contributed by atoms with Crippen LogP contribution < -0.4 is 5.32 Å². The first-order chi connectivity index (χ1) is 9.79. The Bertz CT molecular complexity index is 476. The highest BCUT2D eigenvalue weighted by Crippen LogP contribution is 2.15. The molecule has 0 aromatic heterocycles. The largest absolute Gasteiger partial charge is 0.479 e. The van der Waals surface area contributed by atoms with E-state index < -0.39 is 37.3 Å². The summed E-state index contributed by atoms with van der Waals surface area (Å²) in [7, 11) is 0. The first-order valence-corrected chi connectivity index (χ1v) is 6.01. The molecule has 1 aromatic carbocycles. The van der Waals surface area contributed by atoms with Gasteiger partial charge in [-0.25, -0.2) is 4.79 Å². The molecular weight excluding hydrogens is 291 g/mol. The Morgan fingerprint density at radius 1 is 1.24 bits per heavy atom. The summed E-state index contributed by atoms with van der Waals surface area (Å²) in [6, 6.07) is 6.72. The molecule has 2 N–H and O–H groups in total. The van der Waals surface area contributed by atoms with Crippen LogP contribution in [0.3, 0.4) is 0 Å². The van der Waals surface area contributed by atoms with Crippen molar-refractivity contribution in [2.75, 3.05) is 13.2 Å². The van der Waals surface area contributed by atoms with E-state index in [9.17, 15) is 22.8 Å². The number of hydrogen-bond acceptors (Lipinski definition) is 3. The molecule has 0 radical (unpaired) electrons. The number of carboxylic acid groups (broad SMARTS) is 1. The van der Waals surface area contributed by atoms with Crippen LogP contribution in [0.25, 0.3) is 0 Å². The number of carboxylic acids is 1. The van der Waals surface area contributed by atoms with E-state index >= 15 is 0 Å². The van der Waals surface area contributed by atoms with Crippen molar-refractivity contribution in [1.82, 2.24) is 5.32 Å². The highest BCUT2D eigenvalue weighted by atomic mass is 19.4. The molecule has 1 amide bonds. The number of rotatable bonds is 7. The second-order valence-electron chi connectivity index (χ2n) is 4.17. The summed E-state index contributed by atoms with van der Waals surface area (Å²) in [5.74, 6) is -1.96. The smallest absolute Gasteiger partial charge is 0.411 e. The molecule has 21 heavy (non-hydrogen) atoms. The van der Waals surface area contributed by atoms with Gasteiger partial charge in [0, 0.05) is 6.42 Å². The van der Waals surface area contributed by atoms with Crippen LogP contribution in [0.5, 0.6) is 0 Å². The molecule has 5 nitrogen and oxygen atoms in total. The van der Waals surface area contributed by atoms with Gasteiger partial charge in [0.1, 0.15) is 6.61 Å². The van der Waals surface area contributed by atoms with E-state index in [1.807, 2.05) is 0 Å². The highest BCUT2D eigenvalue weighted by molar-refractivity contribution is 5.84. The number of hydrogen-bond donors (Lipinski definition) is 2. The molecule has 0 aliphatic rings. The second kappa shape index (κ2) is 7.63. The van der Waals surface area contributed by atoms with Gasteiger partial charge >= 0.3 is 12.1 Å². The maximum absolute atomic E-state index is 11.8. The molecule has 1 rings (SSSR count). The van der Waals surface area contributed by atoms with Crippen LogP contribution in [0, 0.1) is 0 Å². The number of carbonyl (C=O) groups excluding carboxylic acids is 1. The zero-order valence-corrected chi connectivity index (χ0v) is 10.9. The van der Waals surface area contributed by atoms with Crippen molar-refractivity contribution >= 4 is 11.9 Å². The normalized spacial score (nSPS) is 12.7. The first kappa shape index (κ1) is 17.0. The van der Waals surface area contributed by atoms with Crippen molar-refractivity contribution in [3.05, 3.63) is 35.9 Å². The third-order valence-corrected chi connectivity index (χ3v) is 2.42. The number of halogens is 3. The van der Waals surface area contributed by atoms with E-state index in [4.69, 9.17) is 5.11 Å². The third-order valence-electron chi connectivity index (χ3n) is 2.42. The molecule has 0 bridgehead atoms. The summed E-state index contributed by atoms with van der Waals surface area (Å²) < 4.78 is 39.7. The van der Waals surface area contributed by atoms with Gasteiger partial charge < -0.3 is 15.2 Å². The zero-order chi connectivity index (χ0) is 15.9. The fraction of sp³-hybridized carbons (Fsp3) is 0.385. The minimum absolute atomic E-state index is 0.354. The van der Waals surface area contributed by atoms with E-state index in [0.29, 0.717) is 5.56 Å². The predicted molar refractivity (Wildman–Crippen MR) is 66.5 cm³/mol. The van der Waals surface area contributed by atoms with Gasteiger partial charge in [0.15, 0.2) is 6.04 Å².